The number of ether oxygens (including phenoxy) is 2. The number of nitrogens with zero attached hydrogens (tertiary/aromatic N) is 2. The molecule has 29 heavy (non-hydrogen) atoms. The summed E-state index contributed by atoms with van der Waals surface area (Å²) in [7, 11) is 0. The van der Waals surface area contributed by atoms with Gasteiger partial charge in [0, 0.05) is 24.6 Å². The van der Waals surface area contributed by atoms with Crippen molar-refractivity contribution in [3.05, 3.63) is 72.1 Å². The van der Waals surface area contributed by atoms with Gasteiger partial charge in [-0.1, -0.05) is 18.2 Å². The summed E-state index contributed by atoms with van der Waals surface area (Å²) in [6.45, 7) is 3.27. The van der Waals surface area contributed by atoms with Crippen LogP contribution in [0.25, 0.3) is 5.69 Å². The van der Waals surface area contributed by atoms with Crippen LogP contribution < -0.4 is 10.1 Å². The molecule has 1 aromatic heterocycles. The number of rotatable bonds is 6. The Morgan fingerprint density at radius 3 is 2.93 bits per heavy atom. The van der Waals surface area contributed by atoms with Gasteiger partial charge in [-0.2, -0.15) is 5.10 Å². The van der Waals surface area contributed by atoms with E-state index in [-0.39, 0.29) is 12.0 Å². The van der Waals surface area contributed by atoms with Crippen LogP contribution in [0.1, 0.15) is 35.2 Å². The first-order chi connectivity index (χ1) is 14.2. The first-order valence-corrected chi connectivity index (χ1v) is 9.96. The standard InChI is InChI=1S/C23H25N3O3/c1-17-10-11-18(15-21(17)26-13-6-12-24-26)23(27)25-20-8-2-3-9-22(20)29-16-19-7-4-5-14-28-19/h2-3,6,8-13,15,19H,4-5,7,14,16H2,1H3,(H,25,27). The molecule has 0 radical (unpaired) electrons. The Labute approximate surface area is 170 Å². The predicted octanol–water partition coefficient (Wildman–Crippen LogP) is 4.38. The minimum atomic E-state index is -0.191. The maximum absolute atomic E-state index is 12.9. The van der Waals surface area contributed by atoms with Gasteiger partial charge in [-0.15, -0.1) is 0 Å². The average molecular weight is 391 g/mol. The largest absolute Gasteiger partial charge is 0.489 e. The van der Waals surface area contributed by atoms with Crippen molar-refractivity contribution in [1.82, 2.24) is 9.78 Å². The van der Waals surface area contributed by atoms with Crippen LogP contribution in [0, 0.1) is 6.92 Å². The number of nitrogens with one attached hydrogen (secondary N) is 1. The molecule has 4 rings (SSSR count). The summed E-state index contributed by atoms with van der Waals surface area (Å²) in [5.41, 5.74) is 3.13. The first-order valence-electron chi connectivity index (χ1n) is 9.96. The van der Waals surface area contributed by atoms with Crippen LogP contribution in [0.15, 0.2) is 60.9 Å². The van der Waals surface area contributed by atoms with Crippen LogP contribution in [-0.4, -0.2) is 35.0 Å². The highest BCUT2D eigenvalue weighted by Gasteiger charge is 2.16. The molecular formula is C23H25N3O3. The first kappa shape index (κ1) is 19.2. The van der Waals surface area contributed by atoms with Crippen molar-refractivity contribution in [2.75, 3.05) is 18.5 Å². The summed E-state index contributed by atoms with van der Waals surface area (Å²) < 4.78 is 13.4. The molecule has 1 atom stereocenters. The highest BCUT2D eigenvalue weighted by molar-refractivity contribution is 6.05. The summed E-state index contributed by atoms with van der Waals surface area (Å²) in [5, 5.41) is 7.24. The average Bonchev–Trinajstić information content (AvgIpc) is 3.29. The van der Waals surface area contributed by atoms with Gasteiger partial charge >= 0.3 is 0 Å². The molecule has 0 bridgehead atoms. The molecule has 1 saturated heterocycles. The Balaban J connectivity index is 1.48. The van der Waals surface area contributed by atoms with E-state index in [0.717, 1.165) is 30.7 Å². The van der Waals surface area contributed by atoms with Gasteiger partial charge in [0.25, 0.3) is 5.91 Å². The minimum Gasteiger partial charge on any atom is -0.489 e. The van der Waals surface area contributed by atoms with Crippen LogP contribution >= 0.6 is 0 Å². The zero-order valence-electron chi connectivity index (χ0n) is 16.5. The number of hydrogen-bond donors (Lipinski definition) is 1. The minimum absolute atomic E-state index is 0.112. The number of aryl methyl sites for hydroxylation is 1. The molecule has 2 heterocycles. The second-order valence-electron chi connectivity index (χ2n) is 7.20. The van der Waals surface area contributed by atoms with E-state index in [1.54, 1.807) is 10.9 Å². The van der Waals surface area contributed by atoms with Crippen molar-refractivity contribution in [3.8, 4) is 11.4 Å². The van der Waals surface area contributed by atoms with Crippen molar-refractivity contribution in [2.24, 2.45) is 0 Å². The summed E-state index contributed by atoms with van der Waals surface area (Å²) in [5.74, 6) is 0.456. The van der Waals surface area contributed by atoms with Gasteiger partial charge in [-0.05, 0) is 62.1 Å². The van der Waals surface area contributed by atoms with Gasteiger partial charge in [0.15, 0.2) is 0 Å². The molecule has 1 N–H and O–H groups in total. The lowest BCUT2D eigenvalue weighted by atomic mass is 10.1. The lowest BCUT2D eigenvalue weighted by molar-refractivity contribution is -0.0109. The third-order valence-corrected chi connectivity index (χ3v) is 5.06. The molecule has 3 aromatic rings. The highest BCUT2D eigenvalue weighted by Crippen LogP contribution is 2.26. The number of para-hydroxylation sites is 2. The Bertz CT molecular complexity index is 963. The zero-order valence-corrected chi connectivity index (χ0v) is 16.5. The Kier molecular flexibility index (Phi) is 5.91. The Morgan fingerprint density at radius 1 is 1.24 bits per heavy atom. The second kappa shape index (κ2) is 8.92. The number of aromatic nitrogens is 2. The predicted molar refractivity (Wildman–Crippen MR) is 112 cm³/mol. The van der Waals surface area contributed by atoms with Crippen LogP contribution in [0.5, 0.6) is 5.75 Å². The van der Waals surface area contributed by atoms with Crippen LogP contribution in [0.3, 0.4) is 0 Å². The van der Waals surface area contributed by atoms with E-state index in [0.29, 0.717) is 23.6 Å². The Hall–Kier alpha value is -3.12. The summed E-state index contributed by atoms with van der Waals surface area (Å²) in [4.78, 5) is 12.9. The third-order valence-electron chi connectivity index (χ3n) is 5.06. The molecular weight excluding hydrogens is 366 g/mol. The number of benzene rings is 2. The SMILES string of the molecule is Cc1ccc(C(=O)Nc2ccccc2OCC2CCCCO2)cc1-n1cccn1. The fourth-order valence-electron chi connectivity index (χ4n) is 3.42. The van der Waals surface area contributed by atoms with E-state index < -0.39 is 0 Å². The van der Waals surface area contributed by atoms with Crippen LogP contribution in [0.2, 0.25) is 0 Å². The van der Waals surface area contributed by atoms with E-state index >= 15 is 0 Å². The molecule has 0 saturated carbocycles. The molecule has 0 spiro atoms. The number of carbonyl (C=O) groups is 1. The number of amides is 1. The van der Waals surface area contributed by atoms with Crippen LogP contribution in [0.4, 0.5) is 5.69 Å². The monoisotopic (exact) mass is 391 g/mol. The highest BCUT2D eigenvalue weighted by atomic mass is 16.5. The third kappa shape index (κ3) is 4.66. The van der Waals surface area contributed by atoms with Crippen LogP contribution in [-0.2, 0) is 4.74 Å². The maximum Gasteiger partial charge on any atom is 0.255 e. The number of hydrogen-bond acceptors (Lipinski definition) is 4. The Morgan fingerprint density at radius 2 is 2.14 bits per heavy atom. The number of anilines is 1. The van der Waals surface area contributed by atoms with Crippen molar-refractivity contribution in [3.63, 3.8) is 0 Å². The quantitative estimate of drug-likeness (QED) is 0.677. The summed E-state index contributed by atoms with van der Waals surface area (Å²) in [6, 6.07) is 14.9. The zero-order chi connectivity index (χ0) is 20.1. The van der Waals surface area contributed by atoms with Crippen molar-refractivity contribution >= 4 is 11.6 Å². The van der Waals surface area contributed by atoms with Gasteiger partial charge < -0.3 is 14.8 Å². The summed E-state index contributed by atoms with van der Waals surface area (Å²) in [6.07, 6.45) is 6.98. The van der Waals surface area contributed by atoms with E-state index in [4.69, 9.17) is 9.47 Å². The molecule has 1 unspecified atom stereocenters. The molecule has 6 nitrogen and oxygen atoms in total. The van der Waals surface area contributed by atoms with E-state index in [2.05, 4.69) is 10.4 Å². The van der Waals surface area contributed by atoms with E-state index in [1.807, 2.05) is 61.7 Å². The fraction of sp³-hybridized carbons (Fsp3) is 0.304. The molecule has 0 aliphatic carbocycles. The molecule has 1 amide bonds. The molecule has 1 aliphatic rings. The molecule has 1 aliphatic heterocycles. The smallest absolute Gasteiger partial charge is 0.255 e. The molecule has 6 heteroatoms. The van der Waals surface area contributed by atoms with Gasteiger partial charge in [-0.25, -0.2) is 4.68 Å². The molecule has 2 aromatic carbocycles. The van der Waals surface area contributed by atoms with Gasteiger partial charge in [0.05, 0.1) is 17.5 Å². The lowest BCUT2D eigenvalue weighted by Crippen LogP contribution is -2.26. The van der Waals surface area contributed by atoms with E-state index in [1.165, 1.54) is 6.42 Å². The van der Waals surface area contributed by atoms with Crippen molar-refractivity contribution in [1.29, 1.82) is 0 Å². The van der Waals surface area contributed by atoms with Crippen molar-refractivity contribution < 1.29 is 14.3 Å². The van der Waals surface area contributed by atoms with Gasteiger partial charge in [-0.3, -0.25) is 4.79 Å². The number of carbonyl (C=O) groups excluding carboxylic acids is 1. The topological polar surface area (TPSA) is 65.4 Å². The molecule has 1 fully saturated rings. The fourth-order valence-corrected chi connectivity index (χ4v) is 3.42. The summed E-state index contributed by atoms with van der Waals surface area (Å²) >= 11 is 0. The van der Waals surface area contributed by atoms with E-state index in [9.17, 15) is 4.79 Å². The maximum atomic E-state index is 12.9. The van der Waals surface area contributed by atoms with Gasteiger partial charge in [0.1, 0.15) is 12.4 Å². The van der Waals surface area contributed by atoms with Gasteiger partial charge in [0.2, 0.25) is 0 Å². The normalized spacial score (nSPS) is 16.4. The second-order valence-corrected chi connectivity index (χ2v) is 7.20. The van der Waals surface area contributed by atoms with Crippen molar-refractivity contribution in [2.45, 2.75) is 32.3 Å². The molecule has 150 valence electrons. The lowest BCUT2D eigenvalue weighted by Gasteiger charge is -2.23.